The molecule has 4 atom stereocenters. The molecule has 0 bridgehead atoms. The van der Waals surface area contributed by atoms with Crippen LogP contribution in [0.15, 0.2) is 60.7 Å². The first-order chi connectivity index (χ1) is 14.7. The van der Waals surface area contributed by atoms with Crippen molar-refractivity contribution in [3.05, 3.63) is 71.8 Å². The van der Waals surface area contributed by atoms with E-state index in [1.54, 1.807) is 0 Å². The van der Waals surface area contributed by atoms with Gasteiger partial charge in [0.05, 0.1) is 32.0 Å². The molecule has 1 saturated heterocycles. The molecule has 3 rings (SSSR count). The molecular formula is C26H38O4Si. The second-order valence-corrected chi connectivity index (χ2v) is 14.7. The molecule has 2 aromatic carbocycles. The van der Waals surface area contributed by atoms with Crippen molar-refractivity contribution < 1.29 is 18.6 Å². The van der Waals surface area contributed by atoms with E-state index in [9.17, 15) is 0 Å². The number of rotatable bonds is 9. The summed E-state index contributed by atoms with van der Waals surface area (Å²) in [6.45, 7) is 15.0. The fourth-order valence-electron chi connectivity index (χ4n) is 3.56. The molecule has 0 aromatic heterocycles. The molecule has 0 N–H and O–H groups in total. The van der Waals surface area contributed by atoms with Gasteiger partial charge in [-0.3, -0.25) is 0 Å². The van der Waals surface area contributed by atoms with Crippen LogP contribution in [0, 0.1) is 0 Å². The number of ether oxygens (including phenoxy) is 3. The van der Waals surface area contributed by atoms with Crippen molar-refractivity contribution in [3.63, 3.8) is 0 Å². The summed E-state index contributed by atoms with van der Waals surface area (Å²) < 4.78 is 25.6. The molecule has 5 heteroatoms. The maximum atomic E-state index is 6.80. The number of hydrogen-bond donors (Lipinski definition) is 0. The molecule has 1 aliphatic heterocycles. The van der Waals surface area contributed by atoms with Crippen LogP contribution in [0.3, 0.4) is 0 Å². The van der Waals surface area contributed by atoms with E-state index in [1.807, 2.05) is 36.4 Å². The Morgan fingerprint density at radius 2 is 1.39 bits per heavy atom. The molecular weight excluding hydrogens is 404 g/mol. The van der Waals surface area contributed by atoms with Gasteiger partial charge in [0.2, 0.25) is 0 Å². The van der Waals surface area contributed by atoms with Gasteiger partial charge in [0.15, 0.2) is 8.32 Å². The van der Waals surface area contributed by atoms with Crippen molar-refractivity contribution in [1.29, 1.82) is 0 Å². The van der Waals surface area contributed by atoms with E-state index in [2.05, 4.69) is 65.1 Å². The second-order valence-electron chi connectivity index (χ2n) is 9.98. The predicted molar refractivity (Wildman–Crippen MR) is 128 cm³/mol. The Kier molecular flexibility index (Phi) is 8.11. The molecule has 1 fully saturated rings. The quantitative estimate of drug-likeness (QED) is 0.449. The van der Waals surface area contributed by atoms with Crippen molar-refractivity contribution in [2.75, 3.05) is 6.61 Å². The monoisotopic (exact) mass is 442 g/mol. The standard InChI is InChI=1S/C26H38O4Si/c1-20-24(30-31(5,6)26(2,3)4)25(28-18-22-15-11-8-12-16-22)23(29-20)19-27-17-21-13-9-7-10-14-21/h7-16,20,23-25H,17-19H2,1-6H3/t20-,23+,24-,25-/m0/s1. The zero-order valence-corrected chi connectivity index (χ0v) is 20.8. The number of benzene rings is 2. The topological polar surface area (TPSA) is 36.9 Å². The van der Waals surface area contributed by atoms with Gasteiger partial charge >= 0.3 is 0 Å². The van der Waals surface area contributed by atoms with Crippen LogP contribution in [0.2, 0.25) is 18.1 Å². The molecule has 0 radical (unpaired) electrons. The maximum Gasteiger partial charge on any atom is 0.192 e. The fourth-order valence-corrected chi connectivity index (χ4v) is 4.92. The van der Waals surface area contributed by atoms with E-state index in [0.717, 1.165) is 11.1 Å². The van der Waals surface area contributed by atoms with E-state index in [-0.39, 0.29) is 29.5 Å². The molecule has 0 unspecified atom stereocenters. The molecule has 0 spiro atoms. The molecule has 2 aromatic rings. The lowest BCUT2D eigenvalue weighted by Gasteiger charge is -2.40. The summed E-state index contributed by atoms with van der Waals surface area (Å²) in [6.07, 6.45) is -0.465. The molecule has 170 valence electrons. The Hall–Kier alpha value is -1.50. The van der Waals surface area contributed by atoms with Crippen LogP contribution < -0.4 is 0 Å². The Bertz CT molecular complexity index is 788. The predicted octanol–water partition coefficient (Wildman–Crippen LogP) is 5.97. The minimum Gasteiger partial charge on any atom is -0.409 e. The molecule has 1 heterocycles. The minimum absolute atomic E-state index is 0.0415. The van der Waals surface area contributed by atoms with Crippen LogP contribution in [0.5, 0.6) is 0 Å². The van der Waals surface area contributed by atoms with Crippen LogP contribution >= 0.6 is 0 Å². The Labute approximate surface area is 189 Å². The van der Waals surface area contributed by atoms with E-state index >= 15 is 0 Å². The molecule has 1 aliphatic rings. The summed E-state index contributed by atoms with van der Waals surface area (Å²) in [5.41, 5.74) is 2.31. The van der Waals surface area contributed by atoms with E-state index in [4.69, 9.17) is 18.6 Å². The SMILES string of the molecule is C[C@@H]1O[C@H](COCc2ccccc2)[C@H](OCc2ccccc2)[C@H]1O[Si](C)(C)C(C)(C)C. The summed E-state index contributed by atoms with van der Waals surface area (Å²) >= 11 is 0. The van der Waals surface area contributed by atoms with Crippen molar-refractivity contribution in [2.24, 2.45) is 0 Å². The van der Waals surface area contributed by atoms with E-state index in [0.29, 0.717) is 19.8 Å². The third-order valence-corrected chi connectivity index (χ3v) is 10.9. The van der Waals surface area contributed by atoms with Crippen molar-refractivity contribution in [3.8, 4) is 0 Å². The highest BCUT2D eigenvalue weighted by Gasteiger charge is 2.49. The van der Waals surface area contributed by atoms with Crippen LogP contribution in [0.25, 0.3) is 0 Å². The minimum atomic E-state index is -1.98. The average molecular weight is 443 g/mol. The summed E-state index contributed by atoms with van der Waals surface area (Å²) in [4.78, 5) is 0. The van der Waals surface area contributed by atoms with Gasteiger partial charge in [0.1, 0.15) is 12.2 Å². The Balaban J connectivity index is 1.70. The lowest BCUT2D eigenvalue weighted by atomic mass is 10.1. The maximum absolute atomic E-state index is 6.80. The fraction of sp³-hybridized carbons (Fsp3) is 0.538. The highest BCUT2D eigenvalue weighted by atomic mass is 28.4. The van der Waals surface area contributed by atoms with Crippen molar-refractivity contribution >= 4 is 8.32 Å². The first-order valence-electron chi connectivity index (χ1n) is 11.3. The lowest BCUT2D eigenvalue weighted by molar-refractivity contribution is -0.0751. The summed E-state index contributed by atoms with van der Waals surface area (Å²) in [7, 11) is -1.98. The zero-order valence-electron chi connectivity index (χ0n) is 19.8. The van der Waals surface area contributed by atoms with Crippen LogP contribution in [0.1, 0.15) is 38.8 Å². The average Bonchev–Trinajstić information content (AvgIpc) is 3.01. The van der Waals surface area contributed by atoms with Crippen LogP contribution in [0.4, 0.5) is 0 Å². The molecule has 4 nitrogen and oxygen atoms in total. The normalized spacial score (nSPS) is 24.5. The first kappa shape index (κ1) is 24.1. The van der Waals surface area contributed by atoms with Crippen LogP contribution in [-0.2, 0) is 31.9 Å². The largest absolute Gasteiger partial charge is 0.409 e. The number of hydrogen-bond acceptors (Lipinski definition) is 4. The highest BCUT2D eigenvalue weighted by molar-refractivity contribution is 6.74. The smallest absolute Gasteiger partial charge is 0.192 e. The Morgan fingerprint density at radius 3 is 1.94 bits per heavy atom. The third-order valence-electron chi connectivity index (χ3n) is 6.46. The third kappa shape index (κ3) is 6.50. The van der Waals surface area contributed by atoms with Gasteiger partial charge < -0.3 is 18.6 Å². The van der Waals surface area contributed by atoms with Gasteiger partial charge in [-0.1, -0.05) is 81.4 Å². The summed E-state index contributed by atoms with van der Waals surface area (Å²) in [6, 6.07) is 20.5. The summed E-state index contributed by atoms with van der Waals surface area (Å²) in [5.74, 6) is 0. The summed E-state index contributed by atoms with van der Waals surface area (Å²) in [5, 5.41) is 0.124. The van der Waals surface area contributed by atoms with Crippen molar-refractivity contribution in [2.45, 2.75) is 83.5 Å². The Morgan fingerprint density at radius 1 is 0.839 bits per heavy atom. The van der Waals surface area contributed by atoms with Crippen LogP contribution in [-0.4, -0.2) is 39.3 Å². The van der Waals surface area contributed by atoms with Gasteiger partial charge in [-0.15, -0.1) is 0 Å². The molecule has 0 aliphatic carbocycles. The van der Waals surface area contributed by atoms with E-state index < -0.39 is 8.32 Å². The van der Waals surface area contributed by atoms with Gasteiger partial charge in [0, 0.05) is 0 Å². The van der Waals surface area contributed by atoms with Gasteiger partial charge in [-0.25, -0.2) is 0 Å². The highest BCUT2D eigenvalue weighted by Crippen LogP contribution is 2.40. The lowest BCUT2D eigenvalue weighted by Crippen LogP contribution is -2.49. The van der Waals surface area contributed by atoms with Gasteiger partial charge in [-0.2, -0.15) is 0 Å². The molecule has 0 amide bonds. The molecule has 0 saturated carbocycles. The van der Waals surface area contributed by atoms with Gasteiger partial charge in [0.25, 0.3) is 0 Å². The van der Waals surface area contributed by atoms with Crippen molar-refractivity contribution in [1.82, 2.24) is 0 Å². The van der Waals surface area contributed by atoms with Gasteiger partial charge in [-0.05, 0) is 36.2 Å². The molecule has 31 heavy (non-hydrogen) atoms. The first-order valence-corrected chi connectivity index (χ1v) is 14.2. The zero-order chi connectivity index (χ0) is 22.5. The second kappa shape index (κ2) is 10.4. The van der Waals surface area contributed by atoms with E-state index in [1.165, 1.54) is 0 Å².